The highest BCUT2D eigenvalue weighted by Gasteiger charge is 2.28. The lowest BCUT2D eigenvalue weighted by Gasteiger charge is -2.08. The molecule has 15 aromatic rings. The first-order chi connectivity index (χ1) is 41.7. The smallest absolute Gasteiger partial charge is 0.136 e. The molecule has 3 aromatic heterocycles. The van der Waals surface area contributed by atoms with Gasteiger partial charge in [-0.25, -0.2) is 0 Å². The molecule has 18 rings (SSSR count). The molecule has 0 fully saturated rings. The van der Waals surface area contributed by atoms with Crippen LogP contribution in [0.1, 0.15) is 116 Å². The van der Waals surface area contributed by atoms with Crippen molar-refractivity contribution >= 4 is 98.1 Å². The fraction of sp³-hybridized carbons (Fsp3) is 0.185. The van der Waals surface area contributed by atoms with Gasteiger partial charge >= 0.3 is 0 Å². The third-order valence-electron chi connectivity index (χ3n) is 15.8. The summed E-state index contributed by atoms with van der Waals surface area (Å²) in [5.74, 6) is 0. The van der Waals surface area contributed by atoms with Crippen molar-refractivity contribution in [2.24, 2.45) is 0 Å². The van der Waals surface area contributed by atoms with Gasteiger partial charge in [0, 0.05) is 32.3 Å². The standard InChI is InChI=1S/3C23H14O.6C2H6/c1-2-6-16-14(5-1)9-11-17-19(16)13-15-10-12-21-23(22(15)17)18-7-3-4-8-20(18)24-21;1-2-6-15-13-19-17(11-14(15)5-1)12-16-9-10-21-23(22(16)19)18-7-3-4-8-20(18)24-21;1-2-6-17-14(5-1)9-10-15-13-16-11-12-20-23(22(16)21(15)17)18-7-3-4-8-19(18)24-20;6*1-2/h1-12H,13H2;1-11,13H,12H2;1-12H,13H2;6*1-2H3. The van der Waals surface area contributed by atoms with E-state index >= 15 is 0 Å². The van der Waals surface area contributed by atoms with Crippen LogP contribution in [-0.2, 0) is 19.3 Å². The van der Waals surface area contributed by atoms with Gasteiger partial charge in [0.05, 0.1) is 0 Å². The first kappa shape index (κ1) is 58.0. The third kappa shape index (κ3) is 10.00. The summed E-state index contributed by atoms with van der Waals surface area (Å²) >= 11 is 0. The van der Waals surface area contributed by atoms with Gasteiger partial charge in [-0.15, -0.1) is 0 Å². The van der Waals surface area contributed by atoms with E-state index in [-0.39, 0.29) is 0 Å². The van der Waals surface area contributed by atoms with Gasteiger partial charge in [-0.2, -0.15) is 0 Å². The Kier molecular flexibility index (Phi) is 17.9. The van der Waals surface area contributed by atoms with Crippen LogP contribution in [0.15, 0.2) is 232 Å². The van der Waals surface area contributed by atoms with Crippen LogP contribution in [0, 0.1) is 0 Å². The highest BCUT2D eigenvalue weighted by molar-refractivity contribution is 6.19. The van der Waals surface area contributed by atoms with Crippen LogP contribution < -0.4 is 0 Å². The van der Waals surface area contributed by atoms with E-state index < -0.39 is 0 Å². The predicted octanol–water partition coefficient (Wildman–Crippen LogP) is 25.1. The van der Waals surface area contributed by atoms with E-state index in [1.165, 1.54) is 131 Å². The predicted molar refractivity (Wildman–Crippen MR) is 366 cm³/mol. The van der Waals surface area contributed by atoms with E-state index in [0.717, 1.165) is 52.8 Å². The molecule has 0 saturated heterocycles. The van der Waals surface area contributed by atoms with Crippen LogP contribution in [0.2, 0.25) is 0 Å². The van der Waals surface area contributed by atoms with E-state index in [9.17, 15) is 0 Å². The van der Waals surface area contributed by atoms with Crippen LogP contribution >= 0.6 is 0 Å². The highest BCUT2D eigenvalue weighted by atomic mass is 16.3. The maximum Gasteiger partial charge on any atom is 0.136 e. The van der Waals surface area contributed by atoms with Crippen molar-refractivity contribution in [2.45, 2.75) is 102 Å². The Morgan fingerprint density at radius 3 is 1.10 bits per heavy atom. The van der Waals surface area contributed by atoms with Gasteiger partial charge in [-0.05, 0) is 161 Å². The number of para-hydroxylation sites is 3. The Bertz CT molecular complexity index is 4700. The molecule has 0 radical (unpaired) electrons. The van der Waals surface area contributed by atoms with Gasteiger partial charge in [0.25, 0.3) is 0 Å². The summed E-state index contributed by atoms with van der Waals surface area (Å²) in [5.41, 5.74) is 22.5. The molecule has 0 atom stereocenters. The minimum atomic E-state index is 0.967. The van der Waals surface area contributed by atoms with Crippen LogP contribution in [0.4, 0.5) is 0 Å². The first-order valence-electron chi connectivity index (χ1n) is 31.0. The van der Waals surface area contributed by atoms with E-state index in [1.54, 1.807) is 0 Å². The zero-order valence-corrected chi connectivity index (χ0v) is 51.1. The van der Waals surface area contributed by atoms with Gasteiger partial charge < -0.3 is 13.3 Å². The molecule has 420 valence electrons. The molecular formula is C81H78O3. The lowest BCUT2D eigenvalue weighted by atomic mass is 9.95. The maximum absolute atomic E-state index is 6.10. The molecule has 3 nitrogen and oxygen atoms in total. The second-order valence-electron chi connectivity index (χ2n) is 19.7. The molecule has 0 unspecified atom stereocenters. The quantitative estimate of drug-likeness (QED) is 0.152. The second kappa shape index (κ2) is 25.9. The number of furan rings is 3. The lowest BCUT2D eigenvalue weighted by molar-refractivity contribution is 0.668. The van der Waals surface area contributed by atoms with Gasteiger partial charge in [-0.3, -0.25) is 0 Å². The second-order valence-corrected chi connectivity index (χ2v) is 19.7. The van der Waals surface area contributed by atoms with Crippen molar-refractivity contribution in [3.63, 3.8) is 0 Å². The van der Waals surface area contributed by atoms with Crippen LogP contribution in [0.5, 0.6) is 0 Å². The van der Waals surface area contributed by atoms with E-state index in [0.29, 0.717) is 0 Å². The van der Waals surface area contributed by atoms with Gasteiger partial charge in [0.2, 0.25) is 0 Å². The molecule has 3 aliphatic carbocycles. The Labute approximate surface area is 496 Å². The molecular weight excluding hydrogens is 1020 g/mol. The Balaban J connectivity index is 0.000000129. The van der Waals surface area contributed by atoms with Gasteiger partial charge in [0.15, 0.2) is 0 Å². The molecule has 3 aliphatic rings. The number of hydrogen-bond donors (Lipinski definition) is 0. The summed E-state index contributed by atoms with van der Waals surface area (Å²) < 4.78 is 18.3. The molecule has 3 heteroatoms. The average Bonchev–Trinajstić information content (AvgIpc) is 2.71. The number of fused-ring (bicyclic) bond motifs is 26. The van der Waals surface area contributed by atoms with Gasteiger partial charge in [0.1, 0.15) is 33.5 Å². The van der Waals surface area contributed by atoms with Crippen molar-refractivity contribution in [3.8, 4) is 33.4 Å². The van der Waals surface area contributed by atoms with E-state index in [2.05, 4.69) is 200 Å². The van der Waals surface area contributed by atoms with Gasteiger partial charge in [-0.1, -0.05) is 259 Å². The molecule has 12 aromatic carbocycles. The lowest BCUT2D eigenvalue weighted by Crippen LogP contribution is -1.83. The summed E-state index contributed by atoms with van der Waals surface area (Å²) in [6.07, 6.45) is 3.01. The largest absolute Gasteiger partial charge is 0.456 e. The average molecular weight is 1100 g/mol. The fourth-order valence-electron chi connectivity index (χ4n) is 12.7. The minimum Gasteiger partial charge on any atom is -0.456 e. The van der Waals surface area contributed by atoms with E-state index in [4.69, 9.17) is 13.3 Å². The Hall–Kier alpha value is -9.18. The molecule has 0 amide bonds. The summed E-state index contributed by atoms with van der Waals surface area (Å²) in [6, 6.07) is 77.8. The van der Waals surface area contributed by atoms with Crippen LogP contribution in [-0.4, -0.2) is 0 Å². The zero-order valence-electron chi connectivity index (χ0n) is 51.1. The number of hydrogen-bond acceptors (Lipinski definition) is 3. The summed E-state index contributed by atoms with van der Waals surface area (Å²) in [4.78, 5) is 0. The van der Waals surface area contributed by atoms with E-state index in [1.807, 2.05) is 101 Å². The van der Waals surface area contributed by atoms with Crippen molar-refractivity contribution in [1.29, 1.82) is 0 Å². The number of benzene rings is 12. The molecule has 3 heterocycles. The van der Waals surface area contributed by atoms with Crippen molar-refractivity contribution in [3.05, 3.63) is 252 Å². The molecule has 0 spiro atoms. The topological polar surface area (TPSA) is 39.4 Å². The Morgan fingerprint density at radius 1 is 0.226 bits per heavy atom. The monoisotopic (exact) mass is 1100 g/mol. The fourth-order valence-corrected chi connectivity index (χ4v) is 12.7. The SMILES string of the molecule is CC.CC.CC.CC.CC.CC.c1ccc2c3c(ccc2c1)-c1c(ccc2oc4ccccc4c12)C3.c1ccc2c3c(ccc2c1)Cc1ccc2oc4ccccc4c2c1-3.c1ccc2cc3c(cc2c1)Cc1ccc2oc4ccccc4c2c1-3. The Morgan fingerprint density at radius 2 is 0.571 bits per heavy atom. The third-order valence-corrected chi connectivity index (χ3v) is 15.8. The van der Waals surface area contributed by atoms with Crippen LogP contribution in [0.25, 0.3) is 132 Å². The minimum absolute atomic E-state index is 0.967. The summed E-state index contributed by atoms with van der Waals surface area (Å²) in [5, 5.41) is 15.4. The molecule has 0 bridgehead atoms. The highest BCUT2D eigenvalue weighted by Crippen LogP contribution is 2.50. The number of rotatable bonds is 0. The molecule has 84 heavy (non-hydrogen) atoms. The normalized spacial score (nSPS) is 11.4. The zero-order chi connectivity index (χ0) is 59.0. The van der Waals surface area contributed by atoms with Crippen molar-refractivity contribution in [2.75, 3.05) is 0 Å². The summed E-state index contributed by atoms with van der Waals surface area (Å²) in [7, 11) is 0. The summed E-state index contributed by atoms with van der Waals surface area (Å²) in [6.45, 7) is 24.0. The molecule has 0 N–H and O–H groups in total. The van der Waals surface area contributed by atoms with Crippen LogP contribution in [0.3, 0.4) is 0 Å². The first-order valence-corrected chi connectivity index (χ1v) is 31.0. The van der Waals surface area contributed by atoms with Crippen molar-refractivity contribution in [1.82, 2.24) is 0 Å². The molecule has 0 saturated carbocycles. The molecule has 0 aliphatic heterocycles. The maximum atomic E-state index is 6.10. The van der Waals surface area contributed by atoms with Crippen molar-refractivity contribution < 1.29 is 13.3 Å².